The van der Waals surface area contributed by atoms with Crippen molar-refractivity contribution in [2.24, 2.45) is 0 Å². The Balaban J connectivity index is 1.28. The number of halogens is 1. The number of fused-ring (bicyclic) bond motifs is 1. The van der Waals surface area contributed by atoms with Gasteiger partial charge in [0.05, 0.1) is 29.5 Å². The number of carbonyl (C=O) groups is 1. The maximum atomic E-state index is 13.0. The Morgan fingerprint density at radius 1 is 0.939 bits per heavy atom. The molecule has 0 N–H and O–H groups in total. The fourth-order valence-corrected chi connectivity index (χ4v) is 4.43. The molecule has 0 radical (unpaired) electrons. The zero-order chi connectivity index (χ0) is 22.8. The fourth-order valence-electron chi connectivity index (χ4n) is 4.18. The highest BCUT2D eigenvalue weighted by Crippen LogP contribution is 2.24. The third kappa shape index (κ3) is 4.19. The molecule has 1 saturated heterocycles. The number of aromatic nitrogens is 3. The van der Waals surface area contributed by atoms with Crippen LogP contribution in [0.25, 0.3) is 16.6 Å². The quantitative estimate of drug-likeness (QED) is 0.468. The molecule has 1 aliphatic heterocycles. The molecule has 33 heavy (non-hydrogen) atoms. The van der Waals surface area contributed by atoms with E-state index in [0.29, 0.717) is 44.0 Å². The van der Waals surface area contributed by atoms with Crippen molar-refractivity contribution >= 4 is 34.1 Å². The van der Waals surface area contributed by atoms with E-state index in [1.165, 1.54) is 4.68 Å². The van der Waals surface area contributed by atoms with Crippen molar-refractivity contribution in [2.45, 2.75) is 6.42 Å². The number of carbonyl (C=O) groups excluding carboxylic acids is 1. The summed E-state index contributed by atoms with van der Waals surface area (Å²) in [5.74, 6) is 0.0662. The highest BCUT2D eigenvalue weighted by atomic mass is 35.5. The lowest BCUT2D eigenvalue weighted by Crippen LogP contribution is -2.49. The summed E-state index contributed by atoms with van der Waals surface area (Å²) in [5, 5.41) is 5.48. The molecule has 5 rings (SSSR count). The zero-order valence-corrected chi connectivity index (χ0v) is 18.7. The maximum Gasteiger partial charge on any atom is 0.292 e. The molecule has 0 bridgehead atoms. The van der Waals surface area contributed by atoms with Crippen molar-refractivity contribution in [2.75, 3.05) is 31.1 Å². The SMILES string of the molecule is O=C(Cc1cccc2cccnc12)N1CCN(c2cnn(-c3ccccc3)c(=O)c2Cl)CC1. The Morgan fingerprint density at radius 3 is 2.48 bits per heavy atom. The van der Waals surface area contributed by atoms with Crippen LogP contribution in [-0.4, -0.2) is 51.8 Å². The summed E-state index contributed by atoms with van der Waals surface area (Å²) in [6, 6.07) is 19.0. The van der Waals surface area contributed by atoms with Gasteiger partial charge in [0, 0.05) is 37.8 Å². The molecule has 7 nitrogen and oxygen atoms in total. The van der Waals surface area contributed by atoms with Gasteiger partial charge in [-0.3, -0.25) is 14.6 Å². The van der Waals surface area contributed by atoms with E-state index in [1.807, 2.05) is 58.3 Å². The number of piperazine rings is 1. The standard InChI is InChI=1S/C25H22ClN5O2/c26-23-21(17-28-31(25(23)33)20-9-2-1-3-10-20)29-12-14-30(15-13-29)22(32)16-19-7-4-6-18-8-5-11-27-24(18)19/h1-11,17H,12-16H2. The third-order valence-corrected chi connectivity index (χ3v) is 6.29. The number of benzene rings is 2. The molecule has 166 valence electrons. The smallest absolute Gasteiger partial charge is 0.292 e. The molecule has 2 aromatic heterocycles. The Labute approximate surface area is 195 Å². The van der Waals surface area contributed by atoms with E-state index >= 15 is 0 Å². The molecule has 1 amide bonds. The van der Waals surface area contributed by atoms with Crippen molar-refractivity contribution in [1.29, 1.82) is 0 Å². The molecule has 0 unspecified atom stereocenters. The van der Waals surface area contributed by atoms with Crippen LogP contribution >= 0.6 is 11.6 Å². The van der Waals surface area contributed by atoms with Crippen molar-refractivity contribution < 1.29 is 4.79 Å². The normalized spacial score (nSPS) is 14.0. The highest BCUT2D eigenvalue weighted by Gasteiger charge is 2.24. The van der Waals surface area contributed by atoms with Crippen LogP contribution < -0.4 is 10.5 Å². The molecule has 1 fully saturated rings. The summed E-state index contributed by atoms with van der Waals surface area (Å²) in [6.45, 7) is 2.26. The average Bonchev–Trinajstić information content (AvgIpc) is 2.86. The van der Waals surface area contributed by atoms with E-state index in [0.717, 1.165) is 16.5 Å². The van der Waals surface area contributed by atoms with Crippen LogP contribution in [0.1, 0.15) is 5.56 Å². The largest absolute Gasteiger partial charge is 0.365 e. The Hall–Kier alpha value is -3.71. The second kappa shape index (κ2) is 9.03. The lowest BCUT2D eigenvalue weighted by atomic mass is 10.1. The van der Waals surface area contributed by atoms with E-state index in [9.17, 15) is 9.59 Å². The molecule has 8 heteroatoms. The minimum absolute atomic E-state index is 0.0662. The molecule has 4 aromatic rings. The van der Waals surface area contributed by atoms with Gasteiger partial charge in [-0.05, 0) is 23.8 Å². The second-order valence-corrected chi connectivity index (χ2v) is 8.31. The van der Waals surface area contributed by atoms with Crippen LogP contribution in [0.4, 0.5) is 5.69 Å². The summed E-state index contributed by atoms with van der Waals surface area (Å²) in [5.41, 5.74) is 2.69. The van der Waals surface area contributed by atoms with Crippen molar-refractivity contribution in [3.8, 4) is 5.69 Å². The number of rotatable bonds is 4. The molecule has 0 aliphatic carbocycles. The van der Waals surface area contributed by atoms with Gasteiger partial charge < -0.3 is 9.80 Å². The average molecular weight is 460 g/mol. The maximum absolute atomic E-state index is 13.0. The van der Waals surface area contributed by atoms with E-state index in [1.54, 1.807) is 24.5 Å². The first-order valence-corrected chi connectivity index (χ1v) is 11.2. The van der Waals surface area contributed by atoms with Crippen LogP contribution in [0.5, 0.6) is 0 Å². The minimum atomic E-state index is -0.359. The van der Waals surface area contributed by atoms with E-state index in [-0.39, 0.29) is 16.5 Å². The van der Waals surface area contributed by atoms with Crippen molar-refractivity contribution in [3.05, 3.63) is 94.0 Å². The van der Waals surface area contributed by atoms with E-state index in [2.05, 4.69) is 10.1 Å². The number of nitrogens with zero attached hydrogens (tertiary/aromatic N) is 5. The Morgan fingerprint density at radius 2 is 1.70 bits per heavy atom. The van der Waals surface area contributed by atoms with Crippen LogP contribution in [0.2, 0.25) is 5.02 Å². The van der Waals surface area contributed by atoms with Gasteiger partial charge in [0.2, 0.25) is 5.91 Å². The number of amides is 1. The van der Waals surface area contributed by atoms with E-state index < -0.39 is 0 Å². The van der Waals surface area contributed by atoms with Gasteiger partial charge in [0.1, 0.15) is 5.02 Å². The first kappa shape index (κ1) is 21.2. The zero-order valence-electron chi connectivity index (χ0n) is 17.9. The summed E-state index contributed by atoms with van der Waals surface area (Å²) in [6.07, 6.45) is 3.68. The van der Waals surface area contributed by atoms with Crippen LogP contribution in [-0.2, 0) is 11.2 Å². The Kier molecular flexibility index (Phi) is 5.79. The number of hydrogen-bond donors (Lipinski definition) is 0. The predicted octanol–water partition coefficient (Wildman–Crippen LogP) is 3.33. The molecule has 1 aliphatic rings. The predicted molar refractivity (Wildman–Crippen MR) is 129 cm³/mol. The number of para-hydroxylation sites is 2. The molecular formula is C25H22ClN5O2. The van der Waals surface area contributed by atoms with Gasteiger partial charge in [0.25, 0.3) is 5.56 Å². The van der Waals surface area contributed by atoms with Crippen molar-refractivity contribution in [3.63, 3.8) is 0 Å². The molecule has 2 aromatic carbocycles. The Bertz CT molecular complexity index is 1360. The third-order valence-electron chi connectivity index (χ3n) is 5.93. The molecule has 0 spiro atoms. The number of hydrogen-bond acceptors (Lipinski definition) is 5. The first-order valence-electron chi connectivity index (χ1n) is 10.8. The van der Waals surface area contributed by atoms with Gasteiger partial charge in [-0.15, -0.1) is 0 Å². The van der Waals surface area contributed by atoms with Gasteiger partial charge in [-0.25, -0.2) is 0 Å². The highest BCUT2D eigenvalue weighted by molar-refractivity contribution is 6.33. The monoisotopic (exact) mass is 459 g/mol. The lowest BCUT2D eigenvalue weighted by Gasteiger charge is -2.36. The van der Waals surface area contributed by atoms with Crippen molar-refractivity contribution in [1.82, 2.24) is 19.7 Å². The number of pyridine rings is 1. The van der Waals surface area contributed by atoms with Gasteiger partial charge in [-0.2, -0.15) is 9.78 Å². The topological polar surface area (TPSA) is 71.3 Å². The molecule has 0 saturated carbocycles. The summed E-state index contributed by atoms with van der Waals surface area (Å²) in [4.78, 5) is 34.1. The van der Waals surface area contributed by atoms with Crippen LogP contribution in [0, 0.1) is 0 Å². The summed E-state index contributed by atoms with van der Waals surface area (Å²) < 4.78 is 1.30. The first-order chi connectivity index (χ1) is 16.1. The second-order valence-electron chi connectivity index (χ2n) is 7.93. The van der Waals surface area contributed by atoms with Crippen LogP contribution in [0.15, 0.2) is 77.9 Å². The summed E-state index contributed by atoms with van der Waals surface area (Å²) >= 11 is 6.44. The molecular weight excluding hydrogens is 438 g/mol. The lowest BCUT2D eigenvalue weighted by molar-refractivity contribution is -0.130. The summed E-state index contributed by atoms with van der Waals surface area (Å²) in [7, 11) is 0. The van der Waals surface area contributed by atoms with Gasteiger partial charge in [0.15, 0.2) is 0 Å². The molecule has 0 atom stereocenters. The minimum Gasteiger partial charge on any atom is -0.365 e. The molecule has 3 heterocycles. The van der Waals surface area contributed by atoms with Gasteiger partial charge in [-0.1, -0.05) is 54.1 Å². The van der Waals surface area contributed by atoms with Gasteiger partial charge >= 0.3 is 0 Å². The van der Waals surface area contributed by atoms with Crippen LogP contribution in [0.3, 0.4) is 0 Å². The van der Waals surface area contributed by atoms with E-state index in [4.69, 9.17) is 11.6 Å². The number of anilines is 1. The fraction of sp³-hybridized carbons (Fsp3) is 0.200.